The third-order valence-electron chi connectivity index (χ3n) is 3.66. The van der Waals surface area contributed by atoms with Gasteiger partial charge in [-0.05, 0) is 30.9 Å². The normalized spacial score (nSPS) is 16.0. The Labute approximate surface area is 116 Å². The molecule has 0 spiro atoms. The van der Waals surface area contributed by atoms with Crippen LogP contribution in [0.4, 0.5) is 11.4 Å². The van der Waals surface area contributed by atoms with Crippen LogP contribution >= 0.6 is 0 Å². The number of carbonyl (C=O) groups is 1. The third-order valence-corrected chi connectivity index (χ3v) is 3.66. The first-order chi connectivity index (χ1) is 9.52. The van der Waals surface area contributed by atoms with E-state index in [2.05, 4.69) is 6.92 Å². The maximum absolute atomic E-state index is 11.3. The van der Waals surface area contributed by atoms with E-state index in [0.717, 1.165) is 25.9 Å². The highest BCUT2D eigenvalue weighted by Gasteiger charge is 2.24. The molecule has 1 saturated heterocycles. The van der Waals surface area contributed by atoms with E-state index in [1.165, 1.54) is 17.6 Å². The highest BCUT2D eigenvalue weighted by Crippen LogP contribution is 2.32. The molecular formula is C13H17N3O4. The Morgan fingerprint density at radius 1 is 1.45 bits per heavy atom. The first-order valence-electron chi connectivity index (χ1n) is 6.50. The lowest BCUT2D eigenvalue weighted by molar-refractivity contribution is -0.384. The number of nitrogens with zero attached hydrogens (tertiary/aromatic N) is 2. The van der Waals surface area contributed by atoms with Crippen LogP contribution in [0.3, 0.4) is 0 Å². The van der Waals surface area contributed by atoms with E-state index in [0.29, 0.717) is 11.6 Å². The van der Waals surface area contributed by atoms with Gasteiger partial charge in [-0.1, -0.05) is 6.92 Å². The van der Waals surface area contributed by atoms with E-state index in [-0.39, 0.29) is 11.3 Å². The summed E-state index contributed by atoms with van der Waals surface area (Å²) in [5.74, 6) is -0.128. The van der Waals surface area contributed by atoms with Crippen molar-refractivity contribution in [2.24, 2.45) is 5.92 Å². The largest absolute Gasteiger partial charge is 0.366 e. The topological polar surface area (TPSA) is 95.7 Å². The number of benzene rings is 1. The lowest BCUT2D eigenvalue weighted by Crippen LogP contribution is -2.33. The summed E-state index contributed by atoms with van der Waals surface area (Å²) >= 11 is 0. The van der Waals surface area contributed by atoms with Crippen molar-refractivity contribution in [3.8, 4) is 0 Å². The summed E-state index contributed by atoms with van der Waals surface area (Å²) in [6.07, 6.45) is 1.99. The number of nitrogens with one attached hydrogen (secondary N) is 1. The fraction of sp³-hybridized carbons (Fsp3) is 0.462. The molecule has 0 saturated carbocycles. The van der Waals surface area contributed by atoms with Crippen LogP contribution in [-0.4, -0.2) is 29.1 Å². The van der Waals surface area contributed by atoms with E-state index >= 15 is 0 Å². The Morgan fingerprint density at radius 2 is 2.10 bits per heavy atom. The summed E-state index contributed by atoms with van der Waals surface area (Å²) in [5, 5.41) is 19.8. The number of rotatable bonds is 3. The van der Waals surface area contributed by atoms with Gasteiger partial charge in [-0.3, -0.25) is 20.1 Å². The molecule has 1 aromatic rings. The molecule has 0 aliphatic carbocycles. The van der Waals surface area contributed by atoms with Crippen LogP contribution in [-0.2, 0) is 0 Å². The molecule has 7 nitrogen and oxygen atoms in total. The van der Waals surface area contributed by atoms with Crippen LogP contribution in [0, 0.1) is 16.0 Å². The van der Waals surface area contributed by atoms with E-state index < -0.39 is 10.8 Å². The Hall–Kier alpha value is -2.15. The standard InChI is InChI=1S/C13H17N3O4/c1-9-4-6-15(7-5-9)11-3-2-10(13(17)14-18)8-12(11)16(19)20/h2-3,8-9,18H,4-7H2,1H3,(H,14,17). The van der Waals surface area contributed by atoms with E-state index in [1.54, 1.807) is 6.07 Å². The Bertz CT molecular complexity index is 524. The fourth-order valence-electron chi connectivity index (χ4n) is 2.39. The quantitative estimate of drug-likeness (QED) is 0.501. The Kier molecular flexibility index (Phi) is 4.19. The number of hydroxylamine groups is 1. The molecule has 7 heteroatoms. The van der Waals surface area contributed by atoms with Gasteiger partial charge >= 0.3 is 0 Å². The van der Waals surface area contributed by atoms with Gasteiger partial charge in [-0.2, -0.15) is 0 Å². The number of nitro groups is 1. The van der Waals surface area contributed by atoms with Gasteiger partial charge in [0.05, 0.1) is 4.92 Å². The molecule has 1 heterocycles. The van der Waals surface area contributed by atoms with Crippen molar-refractivity contribution < 1.29 is 14.9 Å². The number of amides is 1. The van der Waals surface area contributed by atoms with E-state index in [1.807, 2.05) is 4.90 Å². The number of hydrogen-bond donors (Lipinski definition) is 2. The molecule has 20 heavy (non-hydrogen) atoms. The lowest BCUT2D eigenvalue weighted by Gasteiger charge is -2.31. The second-order valence-corrected chi connectivity index (χ2v) is 5.07. The fourth-order valence-corrected chi connectivity index (χ4v) is 2.39. The van der Waals surface area contributed by atoms with Crippen molar-refractivity contribution in [2.75, 3.05) is 18.0 Å². The molecule has 2 N–H and O–H groups in total. The lowest BCUT2D eigenvalue weighted by atomic mass is 9.98. The SMILES string of the molecule is CC1CCN(c2ccc(C(=O)NO)cc2[N+](=O)[O-])CC1. The molecule has 0 aromatic heterocycles. The minimum absolute atomic E-state index is 0.0633. The Balaban J connectivity index is 2.33. The number of piperidine rings is 1. The average molecular weight is 279 g/mol. The molecule has 108 valence electrons. The van der Waals surface area contributed by atoms with Gasteiger partial charge in [0.25, 0.3) is 11.6 Å². The van der Waals surface area contributed by atoms with Crippen LogP contribution in [0.5, 0.6) is 0 Å². The van der Waals surface area contributed by atoms with Gasteiger partial charge in [0.15, 0.2) is 0 Å². The van der Waals surface area contributed by atoms with Crippen LogP contribution in [0.25, 0.3) is 0 Å². The first kappa shape index (κ1) is 14.3. The van der Waals surface area contributed by atoms with Crippen molar-refractivity contribution in [3.63, 3.8) is 0 Å². The summed E-state index contributed by atoms with van der Waals surface area (Å²) in [6, 6.07) is 4.24. The molecule has 1 aromatic carbocycles. The van der Waals surface area contributed by atoms with Gasteiger partial charge in [0.1, 0.15) is 5.69 Å². The second-order valence-electron chi connectivity index (χ2n) is 5.07. The highest BCUT2D eigenvalue weighted by molar-refractivity contribution is 5.95. The number of anilines is 1. The van der Waals surface area contributed by atoms with Crippen LogP contribution in [0.1, 0.15) is 30.1 Å². The second kappa shape index (κ2) is 5.87. The van der Waals surface area contributed by atoms with Crippen molar-refractivity contribution in [2.45, 2.75) is 19.8 Å². The molecule has 0 radical (unpaired) electrons. The minimum atomic E-state index is -0.757. The van der Waals surface area contributed by atoms with Crippen LogP contribution < -0.4 is 10.4 Å². The highest BCUT2D eigenvalue weighted by atomic mass is 16.6. The molecule has 1 aliphatic rings. The van der Waals surface area contributed by atoms with Gasteiger partial charge in [-0.15, -0.1) is 0 Å². The third kappa shape index (κ3) is 2.88. The molecule has 1 amide bonds. The Morgan fingerprint density at radius 3 is 2.65 bits per heavy atom. The molecule has 0 atom stereocenters. The number of carbonyl (C=O) groups excluding carboxylic acids is 1. The van der Waals surface area contributed by atoms with Gasteiger partial charge in [0, 0.05) is 24.7 Å². The monoisotopic (exact) mass is 279 g/mol. The zero-order chi connectivity index (χ0) is 14.7. The zero-order valence-electron chi connectivity index (χ0n) is 11.2. The van der Waals surface area contributed by atoms with Crippen LogP contribution in [0.2, 0.25) is 0 Å². The molecular weight excluding hydrogens is 262 g/mol. The summed E-state index contributed by atoms with van der Waals surface area (Å²) in [7, 11) is 0. The minimum Gasteiger partial charge on any atom is -0.366 e. The van der Waals surface area contributed by atoms with Crippen molar-refractivity contribution in [3.05, 3.63) is 33.9 Å². The smallest absolute Gasteiger partial charge is 0.293 e. The maximum atomic E-state index is 11.3. The van der Waals surface area contributed by atoms with Gasteiger partial charge in [-0.25, -0.2) is 5.48 Å². The van der Waals surface area contributed by atoms with Crippen molar-refractivity contribution in [1.82, 2.24) is 5.48 Å². The predicted molar refractivity (Wildman–Crippen MR) is 73.0 cm³/mol. The van der Waals surface area contributed by atoms with E-state index in [4.69, 9.17) is 5.21 Å². The first-order valence-corrected chi connectivity index (χ1v) is 6.50. The summed E-state index contributed by atoms with van der Waals surface area (Å²) < 4.78 is 0. The average Bonchev–Trinajstić information content (AvgIpc) is 2.46. The maximum Gasteiger partial charge on any atom is 0.293 e. The zero-order valence-corrected chi connectivity index (χ0v) is 11.2. The predicted octanol–water partition coefficient (Wildman–Crippen LogP) is 1.95. The number of hydrogen-bond acceptors (Lipinski definition) is 5. The number of nitro benzene ring substituents is 1. The molecule has 1 fully saturated rings. The molecule has 0 unspecified atom stereocenters. The van der Waals surface area contributed by atoms with Gasteiger partial charge < -0.3 is 4.90 Å². The summed E-state index contributed by atoms with van der Waals surface area (Å²) in [4.78, 5) is 24.0. The molecule has 1 aliphatic heterocycles. The van der Waals surface area contributed by atoms with E-state index in [9.17, 15) is 14.9 Å². The van der Waals surface area contributed by atoms with Crippen LogP contribution in [0.15, 0.2) is 18.2 Å². The van der Waals surface area contributed by atoms with Gasteiger partial charge in [0.2, 0.25) is 0 Å². The molecule has 0 bridgehead atoms. The molecule has 2 rings (SSSR count). The van der Waals surface area contributed by atoms with Crippen molar-refractivity contribution >= 4 is 17.3 Å². The summed E-state index contributed by atoms with van der Waals surface area (Å²) in [5.41, 5.74) is 1.95. The van der Waals surface area contributed by atoms with Crippen molar-refractivity contribution in [1.29, 1.82) is 0 Å². The summed E-state index contributed by atoms with van der Waals surface area (Å²) in [6.45, 7) is 3.71.